The molecule has 0 spiro atoms. The van der Waals surface area contributed by atoms with Gasteiger partial charge in [0.25, 0.3) is 0 Å². The summed E-state index contributed by atoms with van der Waals surface area (Å²) in [7, 11) is -16.4. The van der Waals surface area contributed by atoms with Crippen molar-refractivity contribution in [1.82, 2.24) is 30.2 Å². The zero-order valence-electron chi connectivity index (χ0n) is 27.1. The number of thioether (sulfide) groups is 1. The number of aliphatic hydroxyl groups excluding tert-OH is 2. The molecule has 7 atom stereocenters. The molecule has 3 unspecified atom stereocenters. The molecule has 0 bridgehead atoms. The number of phosphoric acid groups is 3. The Hall–Kier alpha value is -2.44. The van der Waals surface area contributed by atoms with Gasteiger partial charge in [-0.25, -0.2) is 28.6 Å². The van der Waals surface area contributed by atoms with Crippen molar-refractivity contribution in [1.29, 1.82) is 0 Å². The molecule has 3 rings (SSSR count). The maximum atomic E-state index is 12.6. The fourth-order valence-electron chi connectivity index (χ4n) is 4.32. The van der Waals surface area contributed by atoms with Crippen LogP contribution in [0.15, 0.2) is 12.7 Å². The van der Waals surface area contributed by atoms with Gasteiger partial charge in [-0.15, -0.1) is 0 Å². The van der Waals surface area contributed by atoms with Gasteiger partial charge >= 0.3 is 23.5 Å². The molecule has 0 aliphatic carbocycles. The molecule has 0 radical (unpaired) electrons. The van der Waals surface area contributed by atoms with Crippen molar-refractivity contribution in [3.05, 3.63) is 12.7 Å². The number of carbonyl (C=O) groups is 3. The summed E-state index contributed by atoms with van der Waals surface area (Å²) in [5.74, 6) is -1.08. The second kappa shape index (κ2) is 18.7. The highest BCUT2D eigenvalue weighted by atomic mass is 32.2. The first-order valence-electron chi connectivity index (χ1n) is 14.5. The lowest BCUT2D eigenvalue weighted by Gasteiger charge is -2.30. The topological polar surface area (TPSA) is 364 Å². The highest BCUT2D eigenvalue weighted by Gasteiger charge is 2.50. The Balaban J connectivity index is 0.00000936. The van der Waals surface area contributed by atoms with E-state index in [1.165, 1.54) is 20.8 Å². The van der Waals surface area contributed by atoms with Crippen LogP contribution in [0.4, 0.5) is 5.82 Å². The summed E-state index contributed by atoms with van der Waals surface area (Å²) in [4.78, 5) is 85.9. The quantitative estimate of drug-likeness (QED) is 0.0626. The number of aliphatic hydroxyl groups is 2. The molecule has 1 saturated heterocycles. The third kappa shape index (κ3) is 13.4. The minimum Gasteiger partial charge on any atom is -0.386 e. The number of fused-ring (bicyclic) bond motifs is 1. The van der Waals surface area contributed by atoms with Crippen molar-refractivity contribution in [2.75, 3.05) is 37.8 Å². The SMILES string of the molecule is C.CC(=O)SCCNC(=O)CCNC(=O)C(O)C(C)(C)COP(=O)(O)OP(=O)(O)OC[C@H]1O[C@@H](n2cnc3c(N)ncnc32)[C@H](O)[C@@H]1OP(=O)(O)O. The van der Waals surface area contributed by atoms with E-state index in [0.29, 0.717) is 5.75 Å². The van der Waals surface area contributed by atoms with Crippen molar-refractivity contribution in [2.45, 2.75) is 65.3 Å². The molecule has 1 fully saturated rings. The number of nitrogen functional groups attached to an aromatic ring is 1. The third-order valence-electron chi connectivity index (χ3n) is 6.81. The number of anilines is 1. The number of amides is 2. The molecular weight excluding hydrogens is 783 g/mol. The fraction of sp³-hybridized carbons (Fsp3) is 0.667. The Labute approximate surface area is 300 Å². The molecule has 1 aliphatic heterocycles. The summed E-state index contributed by atoms with van der Waals surface area (Å²) in [5, 5.41) is 26.1. The standard InChI is InChI=1S/C23H38N7O17P3S.CH4/c1-12(31)51-7-6-25-14(32)4-5-26-21(35)18(34)23(2,3)9-44-50(41,42)47-49(39,40)43-8-13-17(46-48(36,37)38)16(33)22(45-13)30-11-29-15-19(24)27-10-28-20(15)30;/h10-11,13,16-18,22,33-34H,4-9H2,1-3H3,(H,25,32)(H,26,35)(H,39,40)(H,41,42)(H2,24,27,28)(H2,36,37,38);1H4/t13-,16-,17-,18?,22-;/m1./s1. The van der Waals surface area contributed by atoms with Gasteiger partial charge in [0.2, 0.25) is 11.8 Å². The molecule has 1 aliphatic rings. The number of aromatic nitrogens is 4. The van der Waals surface area contributed by atoms with Crippen LogP contribution in [0.2, 0.25) is 0 Å². The fourth-order valence-corrected chi connectivity index (χ4v) is 7.65. The number of hydrogen-bond acceptors (Lipinski definition) is 18. The monoisotopic (exact) mass is 825 g/mol. The average Bonchev–Trinajstić information content (AvgIpc) is 3.57. The number of carbonyl (C=O) groups excluding carboxylic acids is 3. The van der Waals surface area contributed by atoms with Gasteiger partial charge in [0.05, 0.1) is 19.5 Å². The number of nitrogens with zero attached hydrogens (tertiary/aromatic N) is 4. The lowest BCUT2D eigenvalue weighted by atomic mass is 9.87. The van der Waals surface area contributed by atoms with E-state index in [1.54, 1.807) is 0 Å². The first-order valence-corrected chi connectivity index (χ1v) is 20.0. The summed E-state index contributed by atoms with van der Waals surface area (Å²) in [6, 6.07) is 0. The molecule has 2 aromatic rings. The zero-order chi connectivity index (χ0) is 38.4. The van der Waals surface area contributed by atoms with Gasteiger partial charge < -0.3 is 50.9 Å². The number of ether oxygens (including phenoxy) is 1. The number of nitrogens with one attached hydrogen (secondary N) is 2. The van der Waals surface area contributed by atoms with Crippen molar-refractivity contribution < 1.29 is 80.5 Å². The van der Waals surface area contributed by atoms with Crippen molar-refractivity contribution in [3.8, 4) is 0 Å². The van der Waals surface area contributed by atoms with E-state index >= 15 is 0 Å². The first kappa shape index (κ1) is 45.7. The Morgan fingerprint density at radius 1 is 1.08 bits per heavy atom. The lowest BCUT2D eigenvalue weighted by molar-refractivity contribution is -0.137. The van der Waals surface area contributed by atoms with E-state index in [1.807, 2.05) is 0 Å². The molecule has 2 aromatic heterocycles. The predicted octanol–water partition coefficient (Wildman–Crippen LogP) is -0.679. The van der Waals surface area contributed by atoms with E-state index in [4.69, 9.17) is 19.5 Å². The molecule has 2 amide bonds. The van der Waals surface area contributed by atoms with E-state index < -0.39 is 84.6 Å². The Kier molecular flexibility index (Phi) is 16.5. The summed E-state index contributed by atoms with van der Waals surface area (Å²) in [6.07, 6.45) is -6.88. The smallest absolute Gasteiger partial charge is 0.386 e. The van der Waals surface area contributed by atoms with E-state index in [-0.39, 0.29) is 49.0 Å². The van der Waals surface area contributed by atoms with Crippen LogP contribution in [0.1, 0.15) is 40.8 Å². The highest BCUT2D eigenvalue weighted by Crippen LogP contribution is 2.61. The van der Waals surface area contributed by atoms with Crippen LogP contribution in [0.5, 0.6) is 0 Å². The summed E-state index contributed by atoms with van der Waals surface area (Å²) in [5.41, 5.74) is 4.26. The largest absolute Gasteiger partial charge is 0.481 e. The Morgan fingerprint density at radius 2 is 1.73 bits per heavy atom. The van der Waals surface area contributed by atoms with Gasteiger partial charge in [0.1, 0.15) is 36.3 Å². The number of hydrogen-bond donors (Lipinski definition) is 9. The molecule has 10 N–H and O–H groups in total. The number of phosphoric ester groups is 3. The van der Waals surface area contributed by atoms with Gasteiger partial charge in [0, 0.05) is 37.6 Å². The first-order chi connectivity index (χ1) is 23.5. The maximum absolute atomic E-state index is 12.6. The van der Waals surface area contributed by atoms with Gasteiger partial charge in [-0.05, 0) is 0 Å². The lowest BCUT2D eigenvalue weighted by Crippen LogP contribution is -2.46. The van der Waals surface area contributed by atoms with Gasteiger partial charge in [0.15, 0.2) is 22.8 Å². The Morgan fingerprint density at radius 3 is 2.37 bits per heavy atom. The van der Waals surface area contributed by atoms with Crippen molar-refractivity contribution in [2.24, 2.45) is 5.41 Å². The van der Waals surface area contributed by atoms with Crippen LogP contribution in [0.3, 0.4) is 0 Å². The zero-order valence-corrected chi connectivity index (χ0v) is 30.6. The highest BCUT2D eigenvalue weighted by molar-refractivity contribution is 8.13. The van der Waals surface area contributed by atoms with Crippen LogP contribution in [-0.2, 0) is 50.7 Å². The molecule has 24 nitrogen and oxygen atoms in total. The molecule has 52 heavy (non-hydrogen) atoms. The van der Waals surface area contributed by atoms with Crippen LogP contribution < -0.4 is 16.4 Å². The summed E-state index contributed by atoms with van der Waals surface area (Å²) >= 11 is 1.03. The normalized spacial score (nSPS) is 22.2. The number of imidazole rings is 1. The van der Waals surface area contributed by atoms with Crippen LogP contribution in [0.25, 0.3) is 11.2 Å². The molecule has 0 saturated carbocycles. The molecule has 3 heterocycles. The molecule has 296 valence electrons. The predicted molar refractivity (Wildman–Crippen MR) is 180 cm³/mol. The minimum atomic E-state index is -5.56. The third-order valence-corrected chi connectivity index (χ3v) is 10.7. The number of nitrogens with two attached hydrogens (primary N) is 1. The van der Waals surface area contributed by atoms with E-state index in [2.05, 4.69) is 34.4 Å². The van der Waals surface area contributed by atoms with Crippen molar-refractivity contribution >= 4 is 69.1 Å². The average molecular weight is 826 g/mol. The Bertz CT molecular complexity index is 1710. The maximum Gasteiger partial charge on any atom is 0.481 e. The van der Waals surface area contributed by atoms with E-state index in [0.717, 1.165) is 29.0 Å². The summed E-state index contributed by atoms with van der Waals surface area (Å²) < 4.78 is 61.8. The van der Waals surface area contributed by atoms with Crippen LogP contribution in [-0.4, -0.2) is 123 Å². The van der Waals surface area contributed by atoms with E-state index in [9.17, 15) is 57.9 Å². The second-order valence-electron chi connectivity index (χ2n) is 11.4. The van der Waals surface area contributed by atoms with Crippen LogP contribution >= 0.6 is 35.2 Å². The molecular formula is C24H42N7O17P3S. The molecule has 0 aromatic carbocycles. The molecule has 28 heteroatoms. The minimum absolute atomic E-state index is 0. The second-order valence-corrected chi connectivity index (χ2v) is 16.9. The van der Waals surface area contributed by atoms with Gasteiger partial charge in [-0.3, -0.25) is 32.5 Å². The number of rotatable bonds is 19. The summed E-state index contributed by atoms with van der Waals surface area (Å²) in [6.45, 7) is 1.90. The van der Waals surface area contributed by atoms with Gasteiger partial charge in [-0.1, -0.05) is 33.0 Å². The van der Waals surface area contributed by atoms with Crippen molar-refractivity contribution in [3.63, 3.8) is 0 Å². The van der Waals surface area contributed by atoms with Gasteiger partial charge in [-0.2, -0.15) is 4.31 Å². The van der Waals surface area contributed by atoms with Crippen LogP contribution in [0, 0.1) is 5.41 Å².